The highest BCUT2D eigenvalue weighted by atomic mass is 16.5. The number of aromatic nitrogens is 3. The third-order valence-corrected chi connectivity index (χ3v) is 5.66. The number of esters is 1. The zero-order valence-corrected chi connectivity index (χ0v) is 18.6. The van der Waals surface area contributed by atoms with Crippen molar-refractivity contribution in [2.45, 2.75) is 53.0 Å². The molecule has 2 aromatic heterocycles. The fourth-order valence-electron chi connectivity index (χ4n) is 3.60. The molecule has 3 aromatic rings. The van der Waals surface area contributed by atoms with Gasteiger partial charge in [0.25, 0.3) is 5.56 Å². The van der Waals surface area contributed by atoms with Crippen molar-refractivity contribution in [3.63, 3.8) is 0 Å². The Bertz CT molecular complexity index is 1170. The van der Waals surface area contributed by atoms with E-state index in [1.54, 1.807) is 10.6 Å². The smallest absolute Gasteiger partial charge is 0.306 e. The Morgan fingerprint density at radius 3 is 2.58 bits per heavy atom. The van der Waals surface area contributed by atoms with Gasteiger partial charge in [-0.3, -0.25) is 14.4 Å². The number of carbonyl (C=O) groups excluding carboxylic acids is 2. The van der Waals surface area contributed by atoms with Crippen molar-refractivity contribution in [3.05, 3.63) is 63.3 Å². The third kappa shape index (κ3) is 4.93. The second-order valence-corrected chi connectivity index (χ2v) is 7.79. The van der Waals surface area contributed by atoms with Gasteiger partial charge in [-0.05, 0) is 38.5 Å². The van der Waals surface area contributed by atoms with Gasteiger partial charge in [0.05, 0.1) is 17.5 Å². The van der Waals surface area contributed by atoms with Gasteiger partial charge < -0.3 is 13.9 Å². The van der Waals surface area contributed by atoms with Gasteiger partial charge in [-0.15, -0.1) is 0 Å². The Morgan fingerprint density at radius 1 is 1.16 bits per heavy atom. The first-order valence-electron chi connectivity index (χ1n) is 10.6. The molecule has 3 rings (SSSR count). The van der Waals surface area contributed by atoms with Crippen LogP contribution in [0, 0.1) is 13.8 Å². The summed E-state index contributed by atoms with van der Waals surface area (Å²) < 4.78 is 8.83. The largest absolute Gasteiger partial charge is 0.457 e. The van der Waals surface area contributed by atoms with Crippen LogP contribution in [0.5, 0.6) is 0 Å². The van der Waals surface area contributed by atoms with Crippen molar-refractivity contribution in [1.29, 1.82) is 0 Å². The molecule has 1 aromatic carbocycles. The number of ketones is 1. The second-order valence-electron chi connectivity index (χ2n) is 7.79. The maximum absolute atomic E-state index is 12.9. The maximum Gasteiger partial charge on any atom is 0.306 e. The molecule has 0 saturated heterocycles. The van der Waals surface area contributed by atoms with E-state index >= 15 is 0 Å². The minimum atomic E-state index is -0.520. The predicted molar refractivity (Wildman–Crippen MR) is 119 cm³/mol. The van der Waals surface area contributed by atoms with Crippen molar-refractivity contribution < 1.29 is 14.3 Å². The highest BCUT2D eigenvalue weighted by molar-refractivity contribution is 5.99. The first kappa shape index (κ1) is 22.5. The molecule has 0 radical (unpaired) electrons. The van der Waals surface area contributed by atoms with Crippen LogP contribution in [-0.2, 0) is 29.5 Å². The zero-order chi connectivity index (χ0) is 22.5. The fraction of sp³-hybridized carbons (Fsp3) is 0.417. The van der Waals surface area contributed by atoms with Crippen molar-refractivity contribution in [2.24, 2.45) is 7.05 Å². The fourth-order valence-corrected chi connectivity index (χ4v) is 3.60. The Labute approximate surface area is 181 Å². The number of carbonyl (C=O) groups is 2. The van der Waals surface area contributed by atoms with Crippen LogP contribution in [0.3, 0.4) is 0 Å². The summed E-state index contributed by atoms with van der Waals surface area (Å²) in [6, 6.07) is 9.30. The first-order valence-corrected chi connectivity index (χ1v) is 10.6. The predicted octanol–water partition coefficient (Wildman–Crippen LogP) is 3.51. The standard InChI is InChI=1S/C24H29N3O4/c1-5-6-13-27-21-10-8-7-9-19(21)25-20(24(27)30)11-12-23(29)31-15-22(28)18-14-16(2)26(4)17(18)3/h7-10,14H,5-6,11-13,15H2,1-4H3. The summed E-state index contributed by atoms with van der Waals surface area (Å²) >= 11 is 0. The Morgan fingerprint density at radius 2 is 1.90 bits per heavy atom. The molecule has 0 N–H and O–H groups in total. The molecule has 0 fully saturated rings. The van der Waals surface area contributed by atoms with E-state index in [0.717, 1.165) is 35.3 Å². The van der Waals surface area contributed by atoms with Crippen LogP contribution in [0.25, 0.3) is 11.0 Å². The van der Waals surface area contributed by atoms with E-state index in [2.05, 4.69) is 11.9 Å². The molecule has 0 unspecified atom stereocenters. The van der Waals surface area contributed by atoms with Crippen LogP contribution < -0.4 is 5.56 Å². The highest BCUT2D eigenvalue weighted by Gasteiger charge is 2.17. The van der Waals surface area contributed by atoms with Crippen LogP contribution in [0.15, 0.2) is 35.1 Å². The molecule has 7 nitrogen and oxygen atoms in total. The summed E-state index contributed by atoms with van der Waals surface area (Å²) in [5.41, 5.74) is 4.06. The molecule has 0 aliphatic rings. The van der Waals surface area contributed by atoms with Crippen LogP contribution >= 0.6 is 0 Å². The van der Waals surface area contributed by atoms with E-state index in [1.807, 2.05) is 49.7 Å². The number of para-hydroxylation sites is 2. The summed E-state index contributed by atoms with van der Waals surface area (Å²) in [6.45, 7) is 6.15. The Hall–Kier alpha value is -3.22. The number of fused-ring (bicyclic) bond motifs is 1. The Kier molecular flexibility index (Phi) is 7.05. The lowest BCUT2D eigenvalue weighted by molar-refractivity contribution is -0.142. The van der Waals surface area contributed by atoms with E-state index in [9.17, 15) is 14.4 Å². The number of hydrogen-bond donors (Lipinski definition) is 0. The lowest BCUT2D eigenvalue weighted by Gasteiger charge is -2.12. The molecule has 31 heavy (non-hydrogen) atoms. The molecule has 0 amide bonds. The lowest BCUT2D eigenvalue weighted by atomic mass is 10.1. The lowest BCUT2D eigenvalue weighted by Crippen LogP contribution is -2.26. The number of nitrogens with zero attached hydrogens (tertiary/aromatic N) is 3. The van der Waals surface area contributed by atoms with Crippen LogP contribution in [0.4, 0.5) is 0 Å². The third-order valence-electron chi connectivity index (χ3n) is 5.66. The van der Waals surface area contributed by atoms with Gasteiger partial charge >= 0.3 is 5.97 Å². The quantitative estimate of drug-likeness (QED) is 0.388. The summed E-state index contributed by atoms with van der Waals surface area (Å²) in [7, 11) is 1.89. The minimum absolute atomic E-state index is 0.00552. The van der Waals surface area contributed by atoms with Crippen molar-refractivity contribution >= 4 is 22.8 Å². The molecular weight excluding hydrogens is 394 g/mol. The molecule has 0 aliphatic carbocycles. The van der Waals surface area contributed by atoms with Gasteiger partial charge in [0, 0.05) is 37.0 Å². The summed E-state index contributed by atoms with van der Waals surface area (Å²) in [5, 5.41) is 0. The topological polar surface area (TPSA) is 83.2 Å². The van der Waals surface area contributed by atoms with Gasteiger partial charge in [-0.1, -0.05) is 25.5 Å². The van der Waals surface area contributed by atoms with E-state index in [1.165, 1.54) is 0 Å². The number of hydrogen-bond acceptors (Lipinski definition) is 5. The van der Waals surface area contributed by atoms with E-state index in [-0.39, 0.29) is 30.8 Å². The molecule has 2 heterocycles. The van der Waals surface area contributed by atoms with Gasteiger partial charge in [-0.2, -0.15) is 0 Å². The average Bonchev–Trinajstić information content (AvgIpc) is 3.02. The van der Waals surface area contributed by atoms with Gasteiger partial charge in [0.2, 0.25) is 5.78 Å². The number of aryl methyl sites for hydroxylation is 3. The summed E-state index contributed by atoms with van der Waals surface area (Å²) in [6.07, 6.45) is 2.02. The Balaban J connectivity index is 1.67. The number of Topliss-reactive ketones (excluding diaryl/α,β-unsaturated/α-hetero) is 1. The summed E-state index contributed by atoms with van der Waals surface area (Å²) in [4.78, 5) is 42.0. The van der Waals surface area contributed by atoms with E-state index in [4.69, 9.17) is 4.74 Å². The van der Waals surface area contributed by atoms with Gasteiger partial charge in [0.1, 0.15) is 5.69 Å². The van der Waals surface area contributed by atoms with Crippen molar-refractivity contribution in [1.82, 2.24) is 14.1 Å². The normalized spacial score (nSPS) is 11.1. The highest BCUT2D eigenvalue weighted by Crippen LogP contribution is 2.15. The molecule has 0 atom stereocenters. The zero-order valence-electron chi connectivity index (χ0n) is 18.6. The van der Waals surface area contributed by atoms with Crippen LogP contribution in [0.2, 0.25) is 0 Å². The number of unbranched alkanes of at least 4 members (excludes halogenated alkanes) is 1. The molecule has 7 heteroatoms. The second kappa shape index (κ2) is 9.73. The minimum Gasteiger partial charge on any atom is -0.457 e. The SMILES string of the molecule is CCCCn1c(=O)c(CCC(=O)OCC(=O)c2cc(C)n(C)c2C)nc2ccccc21. The molecule has 0 saturated carbocycles. The van der Waals surface area contributed by atoms with E-state index < -0.39 is 5.97 Å². The van der Waals surface area contributed by atoms with Crippen LogP contribution in [-0.4, -0.2) is 32.5 Å². The number of rotatable bonds is 9. The van der Waals surface area contributed by atoms with Crippen molar-refractivity contribution in [3.8, 4) is 0 Å². The first-order chi connectivity index (χ1) is 14.8. The molecule has 164 valence electrons. The molecule has 0 bridgehead atoms. The molecule has 0 aliphatic heterocycles. The monoisotopic (exact) mass is 423 g/mol. The van der Waals surface area contributed by atoms with Gasteiger partial charge in [-0.25, -0.2) is 4.98 Å². The number of ether oxygens (including phenoxy) is 1. The van der Waals surface area contributed by atoms with Gasteiger partial charge in [0.15, 0.2) is 6.61 Å². The van der Waals surface area contributed by atoms with E-state index in [0.29, 0.717) is 17.8 Å². The number of benzene rings is 1. The van der Waals surface area contributed by atoms with Crippen LogP contribution in [0.1, 0.15) is 53.6 Å². The summed E-state index contributed by atoms with van der Waals surface area (Å²) in [5.74, 6) is -0.756. The average molecular weight is 424 g/mol. The van der Waals surface area contributed by atoms with Crippen molar-refractivity contribution in [2.75, 3.05) is 6.61 Å². The maximum atomic E-state index is 12.9. The molecule has 0 spiro atoms. The molecular formula is C24H29N3O4.